The van der Waals surface area contributed by atoms with Gasteiger partial charge in [0, 0.05) is 34.7 Å². The highest BCUT2D eigenvalue weighted by Gasteiger charge is 2.25. The zero-order chi connectivity index (χ0) is 26.1. The molecule has 0 spiro atoms. The summed E-state index contributed by atoms with van der Waals surface area (Å²) in [5.74, 6) is -1.35. The van der Waals surface area contributed by atoms with Crippen LogP contribution in [-0.2, 0) is 13.1 Å². The highest BCUT2D eigenvalue weighted by Crippen LogP contribution is 2.43. The number of carboxylic acid groups (broad SMARTS) is 1. The van der Waals surface area contributed by atoms with Gasteiger partial charge >= 0.3 is 5.97 Å². The first-order valence-electron chi connectivity index (χ1n) is 11.5. The van der Waals surface area contributed by atoms with Gasteiger partial charge in [-0.05, 0) is 53.6 Å². The minimum atomic E-state index is -1.11. The third kappa shape index (κ3) is 4.41. The number of phenolic OH excluding ortho intramolecular Hbond substituents is 1. The van der Waals surface area contributed by atoms with Crippen LogP contribution in [0.3, 0.4) is 0 Å². The molecule has 5 rings (SSSR count). The number of rotatable bonds is 6. The molecule has 0 bridgehead atoms. The fourth-order valence-corrected chi connectivity index (χ4v) is 4.39. The minimum Gasteiger partial charge on any atom is -0.508 e. The molecule has 8 heteroatoms. The van der Waals surface area contributed by atoms with E-state index in [1.54, 1.807) is 54.6 Å². The highest BCUT2D eigenvalue weighted by atomic mass is 16.4. The van der Waals surface area contributed by atoms with Crippen molar-refractivity contribution >= 4 is 22.8 Å². The molecular weight excluding hydrogens is 472 g/mol. The second kappa shape index (κ2) is 9.60. The molecule has 2 aliphatic rings. The van der Waals surface area contributed by atoms with E-state index in [0.29, 0.717) is 34.2 Å². The monoisotopic (exact) mass is 494 g/mol. The molecule has 0 saturated heterocycles. The van der Waals surface area contributed by atoms with E-state index in [-0.39, 0.29) is 46.1 Å². The van der Waals surface area contributed by atoms with E-state index in [2.05, 4.69) is 5.32 Å². The molecule has 0 unspecified atom stereocenters. The number of carbonyl (C=O) groups is 2. The molecule has 0 saturated carbocycles. The second-order valence-corrected chi connectivity index (χ2v) is 8.51. The van der Waals surface area contributed by atoms with Crippen LogP contribution in [0.5, 0.6) is 5.75 Å². The molecule has 3 aromatic rings. The van der Waals surface area contributed by atoms with Crippen LogP contribution >= 0.6 is 0 Å². The van der Waals surface area contributed by atoms with Gasteiger partial charge in [0.15, 0.2) is 5.43 Å². The number of fused-ring (bicyclic) bond motifs is 2. The van der Waals surface area contributed by atoms with E-state index in [1.807, 2.05) is 0 Å². The van der Waals surface area contributed by atoms with Gasteiger partial charge in [0.2, 0.25) is 0 Å². The fraction of sp³-hybridized carbons (Fsp3) is 0.0690. The quantitative estimate of drug-likeness (QED) is 0.257. The van der Waals surface area contributed by atoms with Crippen LogP contribution in [0.15, 0.2) is 88.1 Å². The number of phenols is 1. The van der Waals surface area contributed by atoms with Gasteiger partial charge in [-0.15, -0.1) is 0 Å². The SMILES string of the molecule is NCc1ccc(C(=O)NCc2c3oc4cc(O)ccc4c(-c4ccccc4C(=O)O)c-3ccc2=O)cc1. The van der Waals surface area contributed by atoms with Crippen molar-refractivity contribution in [3.05, 3.63) is 111 Å². The van der Waals surface area contributed by atoms with Crippen molar-refractivity contribution in [2.24, 2.45) is 5.73 Å². The normalized spacial score (nSPS) is 11.1. The molecule has 0 aromatic heterocycles. The summed E-state index contributed by atoms with van der Waals surface area (Å²) in [6.45, 7) is 0.233. The maximum Gasteiger partial charge on any atom is 0.336 e. The van der Waals surface area contributed by atoms with E-state index >= 15 is 0 Å². The first kappa shape index (κ1) is 23.8. The van der Waals surface area contributed by atoms with Gasteiger partial charge in [0.05, 0.1) is 17.7 Å². The first-order chi connectivity index (χ1) is 17.9. The van der Waals surface area contributed by atoms with Gasteiger partial charge in [0.1, 0.15) is 17.1 Å². The Labute approximate surface area is 210 Å². The average Bonchev–Trinajstić information content (AvgIpc) is 2.91. The van der Waals surface area contributed by atoms with Gasteiger partial charge in [-0.25, -0.2) is 4.79 Å². The standard InChI is InChI=1S/C29H22N2O6/c30-14-16-5-7-17(8-6-16)28(34)31-15-23-24(33)12-11-22-26(19-3-1-2-4-20(19)29(35)36)21-10-9-18(32)13-25(21)37-27(22)23/h1-13,32H,14-15,30H2,(H,31,34)(H,35,36). The topological polar surface area (TPSA) is 143 Å². The number of nitrogens with two attached hydrogens (primary N) is 1. The Kier molecular flexibility index (Phi) is 6.17. The molecule has 8 nitrogen and oxygen atoms in total. The number of hydrogen-bond donors (Lipinski definition) is 4. The Bertz CT molecular complexity index is 1690. The maximum atomic E-state index is 12.9. The van der Waals surface area contributed by atoms with Crippen molar-refractivity contribution in [3.8, 4) is 28.2 Å². The summed E-state index contributed by atoms with van der Waals surface area (Å²) >= 11 is 0. The molecule has 1 amide bonds. The molecule has 1 heterocycles. The van der Waals surface area contributed by atoms with Crippen LogP contribution in [0, 0.1) is 0 Å². The molecule has 0 radical (unpaired) electrons. The zero-order valence-corrected chi connectivity index (χ0v) is 19.5. The largest absolute Gasteiger partial charge is 0.508 e. The highest BCUT2D eigenvalue weighted by molar-refractivity contribution is 6.07. The molecule has 0 fully saturated rings. The molecule has 1 aliphatic carbocycles. The Balaban J connectivity index is 1.66. The molecule has 37 heavy (non-hydrogen) atoms. The van der Waals surface area contributed by atoms with Gasteiger partial charge in [-0.3, -0.25) is 9.59 Å². The van der Waals surface area contributed by atoms with Gasteiger partial charge in [0.25, 0.3) is 5.91 Å². The summed E-state index contributed by atoms with van der Waals surface area (Å²) in [6.07, 6.45) is 0. The van der Waals surface area contributed by atoms with Gasteiger partial charge < -0.3 is 25.7 Å². The van der Waals surface area contributed by atoms with Gasteiger partial charge in [-0.2, -0.15) is 0 Å². The lowest BCUT2D eigenvalue weighted by atomic mass is 9.89. The third-order valence-electron chi connectivity index (χ3n) is 6.24. The van der Waals surface area contributed by atoms with E-state index in [0.717, 1.165) is 5.56 Å². The Morgan fingerprint density at radius 2 is 1.68 bits per heavy atom. The van der Waals surface area contributed by atoms with Crippen molar-refractivity contribution in [2.75, 3.05) is 0 Å². The summed E-state index contributed by atoms with van der Waals surface area (Å²) in [4.78, 5) is 37.7. The molecular formula is C29H22N2O6. The van der Waals surface area contributed by atoms with Crippen molar-refractivity contribution in [1.82, 2.24) is 5.32 Å². The summed E-state index contributed by atoms with van der Waals surface area (Å²) in [5, 5.41) is 23.2. The number of aromatic carboxylic acids is 1. The first-order valence-corrected chi connectivity index (χ1v) is 11.5. The zero-order valence-electron chi connectivity index (χ0n) is 19.5. The summed E-state index contributed by atoms with van der Waals surface area (Å²) in [7, 11) is 0. The lowest BCUT2D eigenvalue weighted by Crippen LogP contribution is -2.26. The predicted octanol–water partition coefficient (Wildman–Crippen LogP) is 4.36. The Morgan fingerprint density at radius 3 is 2.41 bits per heavy atom. The number of hydrogen-bond acceptors (Lipinski definition) is 6. The van der Waals surface area contributed by atoms with Crippen molar-refractivity contribution in [2.45, 2.75) is 13.1 Å². The van der Waals surface area contributed by atoms with Crippen molar-refractivity contribution < 1.29 is 24.2 Å². The van der Waals surface area contributed by atoms with Crippen LogP contribution in [0.2, 0.25) is 0 Å². The smallest absolute Gasteiger partial charge is 0.336 e. The third-order valence-corrected chi connectivity index (χ3v) is 6.24. The number of benzene rings is 4. The second-order valence-electron chi connectivity index (χ2n) is 8.51. The molecule has 1 aliphatic heterocycles. The van der Waals surface area contributed by atoms with Crippen LogP contribution < -0.4 is 16.5 Å². The fourth-order valence-electron chi connectivity index (χ4n) is 4.39. The van der Waals surface area contributed by atoms with Crippen LogP contribution in [0.4, 0.5) is 0 Å². The van der Waals surface area contributed by atoms with Crippen molar-refractivity contribution in [3.63, 3.8) is 0 Å². The predicted molar refractivity (Wildman–Crippen MR) is 139 cm³/mol. The van der Waals surface area contributed by atoms with E-state index in [1.165, 1.54) is 24.3 Å². The van der Waals surface area contributed by atoms with Crippen LogP contribution in [0.1, 0.15) is 31.8 Å². The lowest BCUT2D eigenvalue weighted by molar-refractivity contribution is 0.0697. The minimum absolute atomic E-state index is 0.0536. The summed E-state index contributed by atoms with van der Waals surface area (Å²) in [5.41, 5.74) is 8.57. The van der Waals surface area contributed by atoms with E-state index < -0.39 is 5.97 Å². The number of nitrogens with one attached hydrogen (secondary N) is 1. The van der Waals surface area contributed by atoms with Crippen LogP contribution in [0.25, 0.3) is 33.4 Å². The number of amides is 1. The maximum absolute atomic E-state index is 12.9. The van der Waals surface area contributed by atoms with E-state index in [4.69, 9.17) is 10.2 Å². The Morgan fingerprint density at radius 1 is 0.919 bits per heavy atom. The molecule has 184 valence electrons. The molecule has 0 atom stereocenters. The lowest BCUT2D eigenvalue weighted by Gasteiger charge is -2.19. The Hall–Kier alpha value is -4.95. The molecule has 3 aromatic carbocycles. The summed E-state index contributed by atoms with van der Waals surface area (Å²) in [6, 6.07) is 20.8. The van der Waals surface area contributed by atoms with Gasteiger partial charge in [-0.1, -0.05) is 30.3 Å². The van der Waals surface area contributed by atoms with E-state index in [9.17, 15) is 24.6 Å². The number of carbonyl (C=O) groups excluding carboxylic acids is 1. The number of aromatic hydroxyl groups is 1. The average molecular weight is 495 g/mol. The van der Waals surface area contributed by atoms with Crippen molar-refractivity contribution in [1.29, 1.82) is 0 Å². The van der Waals surface area contributed by atoms with Crippen LogP contribution in [-0.4, -0.2) is 22.1 Å². The number of carboxylic acids is 1. The summed E-state index contributed by atoms with van der Waals surface area (Å²) < 4.78 is 6.10. The molecule has 5 N–H and O–H groups in total.